The number of unbranched alkanes of at least 4 members (excludes halogenated alkanes) is 2. The van der Waals surface area contributed by atoms with E-state index < -0.39 is 0 Å². The molecule has 0 N–H and O–H groups in total. The van der Waals surface area contributed by atoms with Crippen molar-refractivity contribution in [2.45, 2.75) is 58.0 Å². The van der Waals surface area contributed by atoms with Crippen LogP contribution in [0.1, 0.15) is 45.4 Å². The first kappa shape index (κ1) is 14.3. The molecule has 2 fully saturated rings. The molecule has 1 unspecified atom stereocenters. The van der Waals surface area contributed by atoms with Crippen molar-refractivity contribution in [3.05, 3.63) is 0 Å². The highest BCUT2D eigenvalue weighted by atomic mass is 16.7. The molecular weight excluding hydrogens is 232 g/mol. The summed E-state index contributed by atoms with van der Waals surface area (Å²) >= 11 is 0. The highest BCUT2D eigenvalue weighted by Gasteiger charge is 2.19. The van der Waals surface area contributed by atoms with E-state index in [0.29, 0.717) is 5.92 Å². The van der Waals surface area contributed by atoms with Gasteiger partial charge in [0.05, 0.1) is 26.4 Å². The van der Waals surface area contributed by atoms with Crippen LogP contribution in [0.5, 0.6) is 0 Å². The fourth-order valence-corrected chi connectivity index (χ4v) is 2.54. The van der Waals surface area contributed by atoms with E-state index in [2.05, 4.69) is 6.92 Å². The quantitative estimate of drug-likeness (QED) is 0.627. The third-order valence-electron chi connectivity index (χ3n) is 3.61. The minimum Gasteiger partial charge on any atom is -0.350 e. The molecule has 0 saturated carbocycles. The summed E-state index contributed by atoms with van der Waals surface area (Å²) in [4.78, 5) is 0. The molecule has 1 atom stereocenters. The summed E-state index contributed by atoms with van der Waals surface area (Å²) in [5.41, 5.74) is 0. The van der Waals surface area contributed by atoms with Gasteiger partial charge in [-0.15, -0.1) is 0 Å². The highest BCUT2D eigenvalue weighted by Crippen LogP contribution is 2.20. The first-order valence-electron chi connectivity index (χ1n) is 7.31. The topological polar surface area (TPSA) is 36.9 Å². The highest BCUT2D eigenvalue weighted by molar-refractivity contribution is 4.60. The Morgan fingerprint density at radius 1 is 0.833 bits per heavy atom. The van der Waals surface area contributed by atoms with Gasteiger partial charge < -0.3 is 18.9 Å². The molecule has 4 heteroatoms. The standard InChI is InChI=1S/C14H26O4/c1-12(11-14-17-9-10-18-14)5-3-2-4-6-13-15-7-8-16-13/h12-14H,2-11H2,1H3. The molecule has 0 radical (unpaired) electrons. The number of hydrogen-bond acceptors (Lipinski definition) is 4. The molecule has 0 bridgehead atoms. The van der Waals surface area contributed by atoms with E-state index in [1.165, 1.54) is 25.7 Å². The molecule has 0 aromatic carbocycles. The van der Waals surface area contributed by atoms with E-state index in [1.807, 2.05) is 0 Å². The summed E-state index contributed by atoms with van der Waals surface area (Å²) < 4.78 is 21.8. The SMILES string of the molecule is CC(CCCCCC1OCCO1)CC1OCCO1. The minimum absolute atomic E-state index is 0.0558. The van der Waals surface area contributed by atoms with Crippen LogP contribution in [0.4, 0.5) is 0 Å². The van der Waals surface area contributed by atoms with Crippen LogP contribution in [0, 0.1) is 5.92 Å². The van der Waals surface area contributed by atoms with Gasteiger partial charge in [0.1, 0.15) is 0 Å². The largest absolute Gasteiger partial charge is 0.350 e. The fraction of sp³-hybridized carbons (Fsp3) is 1.00. The molecule has 0 spiro atoms. The lowest BCUT2D eigenvalue weighted by atomic mass is 9.99. The molecule has 0 aromatic rings. The van der Waals surface area contributed by atoms with Crippen molar-refractivity contribution in [2.75, 3.05) is 26.4 Å². The summed E-state index contributed by atoms with van der Waals surface area (Å²) in [6, 6.07) is 0. The van der Waals surface area contributed by atoms with Crippen LogP contribution in [-0.2, 0) is 18.9 Å². The van der Waals surface area contributed by atoms with Crippen LogP contribution in [0.25, 0.3) is 0 Å². The Hall–Kier alpha value is -0.160. The van der Waals surface area contributed by atoms with Gasteiger partial charge in [0.2, 0.25) is 0 Å². The van der Waals surface area contributed by atoms with Crippen molar-refractivity contribution in [2.24, 2.45) is 5.92 Å². The maximum absolute atomic E-state index is 5.46. The molecule has 0 aromatic heterocycles. The number of rotatable bonds is 8. The molecule has 2 heterocycles. The summed E-state index contributed by atoms with van der Waals surface area (Å²) in [5.74, 6) is 0.687. The first-order chi connectivity index (χ1) is 8.84. The van der Waals surface area contributed by atoms with Crippen LogP contribution in [0.15, 0.2) is 0 Å². The van der Waals surface area contributed by atoms with Gasteiger partial charge in [0, 0.05) is 6.42 Å². The summed E-state index contributed by atoms with van der Waals surface area (Å²) in [6.07, 6.45) is 7.21. The molecule has 18 heavy (non-hydrogen) atoms. The van der Waals surface area contributed by atoms with Crippen LogP contribution in [-0.4, -0.2) is 39.0 Å². The summed E-state index contributed by atoms with van der Waals surface area (Å²) in [7, 11) is 0. The lowest BCUT2D eigenvalue weighted by Crippen LogP contribution is -2.12. The van der Waals surface area contributed by atoms with Crippen LogP contribution in [0.3, 0.4) is 0 Å². The molecule has 106 valence electrons. The van der Waals surface area contributed by atoms with Crippen molar-refractivity contribution < 1.29 is 18.9 Å². The van der Waals surface area contributed by atoms with E-state index in [1.54, 1.807) is 0 Å². The van der Waals surface area contributed by atoms with Gasteiger partial charge in [0.15, 0.2) is 12.6 Å². The average Bonchev–Trinajstić information content (AvgIpc) is 3.01. The third kappa shape index (κ3) is 5.22. The second-order valence-electron chi connectivity index (χ2n) is 5.32. The minimum atomic E-state index is 0.0558. The Morgan fingerprint density at radius 3 is 2.11 bits per heavy atom. The molecule has 2 rings (SSSR count). The van der Waals surface area contributed by atoms with E-state index in [4.69, 9.17) is 18.9 Å². The Labute approximate surface area is 110 Å². The van der Waals surface area contributed by atoms with Gasteiger partial charge >= 0.3 is 0 Å². The van der Waals surface area contributed by atoms with Crippen molar-refractivity contribution in [3.8, 4) is 0 Å². The van der Waals surface area contributed by atoms with Crippen LogP contribution >= 0.6 is 0 Å². The molecule has 2 aliphatic heterocycles. The van der Waals surface area contributed by atoms with Gasteiger partial charge in [-0.3, -0.25) is 0 Å². The van der Waals surface area contributed by atoms with E-state index in [9.17, 15) is 0 Å². The van der Waals surface area contributed by atoms with Gasteiger partial charge in [-0.1, -0.05) is 26.2 Å². The Bertz CT molecular complexity index is 210. The van der Waals surface area contributed by atoms with Gasteiger partial charge in [0.25, 0.3) is 0 Å². The van der Waals surface area contributed by atoms with Crippen molar-refractivity contribution in [1.29, 1.82) is 0 Å². The predicted octanol–water partition coefficient (Wildman–Crippen LogP) is 2.71. The maximum atomic E-state index is 5.46. The first-order valence-corrected chi connectivity index (χ1v) is 7.31. The lowest BCUT2D eigenvalue weighted by Gasteiger charge is -2.15. The zero-order valence-electron chi connectivity index (χ0n) is 11.4. The molecule has 0 aliphatic carbocycles. The number of ether oxygens (including phenoxy) is 4. The summed E-state index contributed by atoms with van der Waals surface area (Å²) in [5, 5.41) is 0. The van der Waals surface area contributed by atoms with Gasteiger partial charge in [-0.05, 0) is 18.8 Å². The van der Waals surface area contributed by atoms with Gasteiger partial charge in [-0.2, -0.15) is 0 Å². The smallest absolute Gasteiger partial charge is 0.158 e. The predicted molar refractivity (Wildman–Crippen MR) is 68.3 cm³/mol. The average molecular weight is 258 g/mol. The Balaban J connectivity index is 1.42. The molecule has 2 aliphatic rings. The van der Waals surface area contributed by atoms with E-state index >= 15 is 0 Å². The van der Waals surface area contributed by atoms with Crippen LogP contribution in [0.2, 0.25) is 0 Å². The lowest BCUT2D eigenvalue weighted by molar-refractivity contribution is -0.0563. The number of hydrogen-bond donors (Lipinski definition) is 0. The van der Waals surface area contributed by atoms with Crippen LogP contribution < -0.4 is 0 Å². The molecular formula is C14H26O4. The van der Waals surface area contributed by atoms with Crippen molar-refractivity contribution in [1.82, 2.24) is 0 Å². The van der Waals surface area contributed by atoms with E-state index in [-0.39, 0.29) is 12.6 Å². The molecule has 0 amide bonds. The second-order valence-corrected chi connectivity index (χ2v) is 5.32. The Morgan fingerprint density at radius 2 is 1.44 bits per heavy atom. The van der Waals surface area contributed by atoms with E-state index in [0.717, 1.165) is 39.3 Å². The Kier molecular flexibility index (Phi) is 6.41. The maximum Gasteiger partial charge on any atom is 0.158 e. The van der Waals surface area contributed by atoms with Gasteiger partial charge in [-0.25, -0.2) is 0 Å². The normalized spacial score (nSPS) is 23.8. The third-order valence-corrected chi connectivity index (χ3v) is 3.61. The summed E-state index contributed by atoms with van der Waals surface area (Å²) in [6.45, 7) is 5.35. The molecule has 4 nitrogen and oxygen atoms in total. The fourth-order valence-electron chi connectivity index (χ4n) is 2.54. The van der Waals surface area contributed by atoms with Crippen molar-refractivity contribution in [3.63, 3.8) is 0 Å². The van der Waals surface area contributed by atoms with Crippen molar-refractivity contribution >= 4 is 0 Å². The monoisotopic (exact) mass is 258 g/mol. The zero-order chi connectivity index (χ0) is 12.6. The molecule has 2 saturated heterocycles. The zero-order valence-corrected chi connectivity index (χ0v) is 11.4. The second kappa shape index (κ2) is 8.10.